The monoisotopic (exact) mass is 302 g/mol. The van der Waals surface area contributed by atoms with Gasteiger partial charge in [-0.3, -0.25) is 9.58 Å². The zero-order valence-corrected chi connectivity index (χ0v) is 13.2. The quantitative estimate of drug-likeness (QED) is 0.881. The average Bonchev–Trinajstić information content (AvgIpc) is 2.93. The van der Waals surface area contributed by atoms with E-state index < -0.39 is 5.54 Å². The van der Waals surface area contributed by atoms with Crippen LogP contribution in [0.5, 0.6) is 0 Å². The molecule has 1 amide bonds. The van der Waals surface area contributed by atoms with Crippen molar-refractivity contribution >= 4 is 17.5 Å². The standard InChI is InChI=1S/C16H22N4O2/c1-16(2,3)20(14-7-5-13(17)6-8-14)15(21)22-12-11-19-10-4-9-18-19/h4-10H,11-12,17H2,1-3H3. The molecule has 2 aromatic rings. The summed E-state index contributed by atoms with van der Waals surface area (Å²) in [6, 6.07) is 9.00. The third kappa shape index (κ3) is 4.00. The van der Waals surface area contributed by atoms with E-state index in [-0.39, 0.29) is 12.7 Å². The molecule has 6 nitrogen and oxygen atoms in total. The number of benzene rings is 1. The predicted octanol–water partition coefficient (Wildman–Crippen LogP) is 2.91. The van der Waals surface area contributed by atoms with Crippen LogP contribution in [0.2, 0.25) is 0 Å². The van der Waals surface area contributed by atoms with Crippen molar-refractivity contribution in [3.8, 4) is 0 Å². The van der Waals surface area contributed by atoms with E-state index in [2.05, 4.69) is 5.10 Å². The zero-order valence-electron chi connectivity index (χ0n) is 13.2. The van der Waals surface area contributed by atoms with Crippen LogP contribution in [0, 0.1) is 0 Å². The minimum atomic E-state index is -0.404. The summed E-state index contributed by atoms with van der Waals surface area (Å²) in [5.41, 5.74) is 6.71. The summed E-state index contributed by atoms with van der Waals surface area (Å²) >= 11 is 0. The van der Waals surface area contributed by atoms with E-state index >= 15 is 0 Å². The molecule has 1 heterocycles. The van der Waals surface area contributed by atoms with Crippen molar-refractivity contribution in [3.63, 3.8) is 0 Å². The van der Waals surface area contributed by atoms with E-state index in [0.717, 1.165) is 5.69 Å². The summed E-state index contributed by atoms with van der Waals surface area (Å²) in [5.74, 6) is 0. The highest BCUT2D eigenvalue weighted by Crippen LogP contribution is 2.25. The first kappa shape index (κ1) is 15.9. The van der Waals surface area contributed by atoms with Gasteiger partial charge >= 0.3 is 6.09 Å². The zero-order chi connectivity index (χ0) is 16.2. The molecule has 0 fully saturated rings. The minimum absolute atomic E-state index is 0.266. The first-order valence-corrected chi connectivity index (χ1v) is 7.18. The summed E-state index contributed by atoms with van der Waals surface area (Å²) in [7, 11) is 0. The summed E-state index contributed by atoms with van der Waals surface area (Å²) in [5, 5.41) is 4.07. The largest absolute Gasteiger partial charge is 0.447 e. The maximum Gasteiger partial charge on any atom is 0.414 e. The first-order valence-electron chi connectivity index (χ1n) is 7.18. The van der Waals surface area contributed by atoms with Crippen LogP contribution in [0.4, 0.5) is 16.2 Å². The Morgan fingerprint density at radius 2 is 2.00 bits per heavy atom. The van der Waals surface area contributed by atoms with Crippen molar-refractivity contribution in [2.45, 2.75) is 32.9 Å². The first-order chi connectivity index (χ1) is 10.4. The molecule has 1 aromatic carbocycles. The second-order valence-electron chi connectivity index (χ2n) is 5.98. The molecule has 0 spiro atoms. The number of carbonyl (C=O) groups is 1. The Balaban J connectivity index is 2.05. The van der Waals surface area contributed by atoms with Gasteiger partial charge in [-0.2, -0.15) is 5.10 Å². The van der Waals surface area contributed by atoms with E-state index in [1.165, 1.54) is 0 Å². The number of aromatic nitrogens is 2. The molecule has 118 valence electrons. The normalized spacial score (nSPS) is 11.2. The number of hydrogen-bond donors (Lipinski definition) is 1. The highest BCUT2D eigenvalue weighted by atomic mass is 16.6. The average molecular weight is 302 g/mol. The lowest BCUT2D eigenvalue weighted by atomic mass is 10.1. The number of amides is 1. The number of hydrogen-bond acceptors (Lipinski definition) is 4. The van der Waals surface area contributed by atoms with Crippen LogP contribution in [-0.2, 0) is 11.3 Å². The molecule has 1 aromatic heterocycles. The lowest BCUT2D eigenvalue weighted by Crippen LogP contribution is -2.46. The van der Waals surface area contributed by atoms with Crippen LogP contribution in [0.25, 0.3) is 0 Å². The Bertz CT molecular complexity index is 600. The van der Waals surface area contributed by atoms with Crippen molar-refractivity contribution in [3.05, 3.63) is 42.7 Å². The summed E-state index contributed by atoms with van der Waals surface area (Å²) < 4.78 is 7.10. The Labute approximate surface area is 130 Å². The lowest BCUT2D eigenvalue weighted by molar-refractivity contribution is 0.142. The fourth-order valence-electron chi connectivity index (χ4n) is 2.11. The Hall–Kier alpha value is -2.50. The SMILES string of the molecule is CC(C)(C)N(C(=O)OCCn1cccn1)c1ccc(N)cc1. The van der Waals surface area contributed by atoms with Crippen LogP contribution < -0.4 is 10.6 Å². The highest BCUT2D eigenvalue weighted by Gasteiger charge is 2.29. The molecular weight excluding hydrogens is 280 g/mol. The summed E-state index contributed by atoms with van der Waals surface area (Å²) in [6.45, 7) is 6.66. The topological polar surface area (TPSA) is 73.4 Å². The van der Waals surface area contributed by atoms with Gasteiger partial charge in [0.2, 0.25) is 0 Å². The number of ether oxygens (including phenoxy) is 1. The fourth-order valence-corrected chi connectivity index (χ4v) is 2.11. The molecule has 2 N–H and O–H groups in total. The number of nitrogens with zero attached hydrogens (tertiary/aromatic N) is 3. The van der Waals surface area contributed by atoms with Crippen molar-refractivity contribution in [2.75, 3.05) is 17.2 Å². The van der Waals surface area contributed by atoms with E-state index in [1.807, 2.05) is 45.2 Å². The maximum atomic E-state index is 12.4. The second-order valence-corrected chi connectivity index (χ2v) is 5.98. The summed E-state index contributed by atoms with van der Waals surface area (Å²) in [6.07, 6.45) is 3.14. The van der Waals surface area contributed by atoms with Gasteiger partial charge in [0, 0.05) is 29.3 Å². The van der Waals surface area contributed by atoms with Gasteiger partial charge in [0.15, 0.2) is 0 Å². The van der Waals surface area contributed by atoms with Gasteiger partial charge in [0.05, 0.1) is 6.54 Å². The maximum absolute atomic E-state index is 12.4. The molecule has 0 saturated heterocycles. The minimum Gasteiger partial charge on any atom is -0.447 e. The number of anilines is 2. The third-order valence-electron chi connectivity index (χ3n) is 3.11. The van der Waals surface area contributed by atoms with Gasteiger partial charge in [0.25, 0.3) is 0 Å². The third-order valence-corrected chi connectivity index (χ3v) is 3.11. The van der Waals surface area contributed by atoms with E-state index in [1.54, 1.807) is 27.9 Å². The number of carbonyl (C=O) groups excluding carboxylic acids is 1. The molecular formula is C16H22N4O2. The molecule has 0 radical (unpaired) electrons. The second kappa shape index (κ2) is 6.51. The number of rotatable bonds is 4. The summed E-state index contributed by atoms with van der Waals surface area (Å²) in [4.78, 5) is 14.1. The highest BCUT2D eigenvalue weighted by molar-refractivity contribution is 5.89. The van der Waals surface area contributed by atoms with Crippen molar-refractivity contribution < 1.29 is 9.53 Å². The Morgan fingerprint density at radius 1 is 1.32 bits per heavy atom. The predicted molar refractivity (Wildman–Crippen MR) is 86.7 cm³/mol. The molecule has 0 saturated carbocycles. The van der Waals surface area contributed by atoms with Crippen molar-refractivity contribution in [1.29, 1.82) is 0 Å². The molecule has 2 rings (SSSR count). The van der Waals surface area contributed by atoms with E-state index in [0.29, 0.717) is 12.2 Å². The van der Waals surface area contributed by atoms with Crippen LogP contribution in [-0.4, -0.2) is 28.0 Å². The fraction of sp³-hybridized carbons (Fsp3) is 0.375. The van der Waals surface area contributed by atoms with Gasteiger partial charge < -0.3 is 10.5 Å². The lowest BCUT2D eigenvalue weighted by Gasteiger charge is -2.34. The number of nitrogen functional groups attached to an aromatic ring is 1. The Morgan fingerprint density at radius 3 is 2.55 bits per heavy atom. The number of nitrogens with two attached hydrogens (primary N) is 1. The van der Waals surface area contributed by atoms with Crippen LogP contribution in [0.3, 0.4) is 0 Å². The van der Waals surface area contributed by atoms with Gasteiger partial charge in [-0.15, -0.1) is 0 Å². The molecule has 0 bridgehead atoms. The van der Waals surface area contributed by atoms with Crippen LogP contribution in [0.1, 0.15) is 20.8 Å². The molecule has 22 heavy (non-hydrogen) atoms. The molecule has 0 aliphatic heterocycles. The van der Waals surface area contributed by atoms with Gasteiger partial charge in [-0.1, -0.05) is 0 Å². The van der Waals surface area contributed by atoms with Crippen molar-refractivity contribution in [1.82, 2.24) is 9.78 Å². The molecule has 0 aliphatic carbocycles. The van der Waals surface area contributed by atoms with Gasteiger partial charge in [-0.05, 0) is 51.1 Å². The smallest absolute Gasteiger partial charge is 0.414 e. The molecule has 0 aliphatic rings. The van der Waals surface area contributed by atoms with Crippen molar-refractivity contribution in [2.24, 2.45) is 0 Å². The van der Waals surface area contributed by atoms with Gasteiger partial charge in [0.1, 0.15) is 6.61 Å². The Kier molecular flexibility index (Phi) is 4.70. The molecule has 0 atom stereocenters. The van der Waals surface area contributed by atoms with Crippen LogP contribution >= 0.6 is 0 Å². The van der Waals surface area contributed by atoms with Gasteiger partial charge in [-0.25, -0.2) is 4.79 Å². The van der Waals surface area contributed by atoms with E-state index in [4.69, 9.17) is 10.5 Å². The van der Waals surface area contributed by atoms with E-state index in [9.17, 15) is 4.79 Å². The molecule has 6 heteroatoms. The van der Waals surface area contributed by atoms with Crippen LogP contribution in [0.15, 0.2) is 42.7 Å². The molecule has 0 unspecified atom stereocenters.